The second-order valence-electron chi connectivity index (χ2n) is 5.20. The largest absolute Gasteiger partial charge is 0.377 e. The summed E-state index contributed by atoms with van der Waals surface area (Å²) >= 11 is 0. The van der Waals surface area contributed by atoms with Gasteiger partial charge in [0.15, 0.2) is 0 Å². The third-order valence-electron chi connectivity index (χ3n) is 3.55. The predicted octanol–water partition coefficient (Wildman–Crippen LogP) is 2.47. The third kappa shape index (κ3) is 3.27. The molecule has 0 aliphatic heterocycles. The summed E-state index contributed by atoms with van der Waals surface area (Å²) in [6.45, 7) is 5.91. The van der Waals surface area contributed by atoms with Crippen molar-refractivity contribution in [3.05, 3.63) is 24.3 Å². The maximum absolute atomic E-state index is 12.7. The summed E-state index contributed by atoms with van der Waals surface area (Å²) in [4.78, 5) is -0.407. The monoisotopic (exact) mass is 306 g/mol. The van der Waals surface area contributed by atoms with Crippen LogP contribution >= 0.6 is 0 Å². The van der Waals surface area contributed by atoms with Crippen LogP contribution in [0.5, 0.6) is 0 Å². The molecular formula is C13H20F2N2O2S. The molecule has 4 nitrogen and oxygen atoms in total. The molecule has 1 aromatic rings. The smallest absolute Gasteiger partial charge is 0.341 e. The Morgan fingerprint density at radius 1 is 1.30 bits per heavy atom. The number of sulfone groups is 1. The van der Waals surface area contributed by atoms with Crippen molar-refractivity contribution >= 4 is 15.5 Å². The van der Waals surface area contributed by atoms with Gasteiger partial charge in [0.05, 0.1) is 10.6 Å². The number of nitrogens with one attached hydrogen (secondary N) is 1. The molecule has 1 atom stereocenters. The van der Waals surface area contributed by atoms with E-state index >= 15 is 0 Å². The fraction of sp³-hybridized carbons (Fsp3) is 0.538. The van der Waals surface area contributed by atoms with Gasteiger partial charge in [-0.25, -0.2) is 8.42 Å². The van der Waals surface area contributed by atoms with Crippen LogP contribution in [0.15, 0.2) is 29.2 Å². The van der Waals surface area contributed by atoms with Crippen molar-refractivity contribution in [3.63, 3.8) is 0 Å². The van der Waals surface area contributed by atoms with Crippen LogP contribution in [0.25, 0.3) is 0 Å². The number of hydrogen-bond donors (Lipinski definition) is 2. The lowest BCUT2D eigenvalue weighted by molar-refractivity contribution is 0.235. The molecule has 3 N–H and O–H groups in total. The Kier molecular flexibility index (Phi) is 5.10. The highest BCUT2D eigenvalue weighted by atomic mass is 32.2. The predicted molar refractivity (Wildman–Crippen MR) is 75.6 cm³/mol. The lowest BCUT2D eigenvalue weighted by atomic mass is 9.88. The van der Waals surface area contributed by atoms with Crippen LogP contribution in [0.1, 0.15) is 20.8 Å². The van der Waals surface area contributed by atoms with E-state index in [2.05, 4.69) is 5.32 Å². The highest BCUT2D eigenvalue weighted by Crippen LogP contribution is 2.30. The van der Waals surface area contributed by atoms with Crippen molar-refractivity contribution in [1.29, 1.82) is 0 Å². The highest BCUT2D eigenvalue weighted by molar-refractivity contribution is 7.91. The quantitative estimate of drug-likeness (QED) is 0.847. The fourth-order valence-corrected chi connectivity index (χ4v) is 2.54. The van der Waals surface area contributed by atoms with E-state index in [0.29, 0.717) is 0 Å². The van der Waals surface area contributed by atoms with Gasteiger partial charge < -0.3 is 11.1 Å². The number of anilines is 1. The van der Waals surface area contributed by atoms with Crippen LogP contribution in [0, 0.1) is 5.92 Å². The van der Waals surface area contributed by atoms with Crippen LogP contribution in [0.2, 0.25) is 0 Å². The normalized spacial score (nSPS) is 15.4. The van der Waals surface area contributed by atoms with Crippen molar-refractivity contribution in [1.82, 2.24) is 0 Å². The molecule has 0 saturated carbocycles. The molecule has 0 fully saturated rings. The molecule has 0 aliphatic rings. The van der Waals surface area contributed by atoms with Crippen LogP contribution in [-0.4, -0.2) is 26.3 Å². The number of alkyl halides is 2. The second kappa shape index (κ2) is 6.05. The van der Waals surface area contributed by atoms with Crippen molar-refractivity contribution in [2.45, 2.75) is 37.0 Å². The van der Waals surface area contributed by atoms with Gasteiger partial charge in [-0.3, -0.25) is 0 Å². The van der Waals surface area contributed by atoms with Gasteiger partial charge >= 0.3 is 5.76 Å². The molecule has 0 saturated heterocycles. The number of halogens is 2. The first-order valence-corrected chi connectivity index (χ1v) is 7.79. The SMILES string of the molecule is CC(C)C(C)(CN)Nc1ccccc1S(=O)(=O)C(F)F. The van der Waals surface area contributed by atoms with E-state index in [0.717, 1.165) is 0 Å². The zero-order chi connectivity index (χ0) is 15.6. The summed E-state index contributed by atoms with van der Waals surface area (Å²) < 4.78 is 48.8. The molecule has 0 spiro atoms. The molecule has 1 aromatic carbocycles. The van der Waals surface area contributed by atoms with Gasteiger partial charge in [-0.05, 0) is 25.0 Å². The molecule has 0 aliphatic carbocycles. The van der Waals surface area contributed by atoms with Crippen LogP contribution < -0.4 is 11.1 Å². The Balaban J connectivity index is 3.29. The highest BCUT2D eigenvalue weighted by Gasteiger charge is 2.32. The van der Waals surface area contributed by atoms with Crippen molar-refractivity contribution in [2.75, 3.05) is 11.9 Å². The first-order valence-electron chi connectivity index (χ1n) is 6.24. The van der Waals surface area contributed by atoms with Crippen LogP contribution in [0.4, 0.5) is 14.5 Å². The van der Waals surface area contributed by atoms with Crippen LogP contribution in [0.3, 0.4) is 0 Å². The number of para-hydroxylation sites is 1. The Bertz CT molecular complexity index is 561. The van der Waals surface area contributed by atoms with Crippen molar-refractivity contribution in [3.8, 4) is 0 Å². The van der Waals surface area contributed by atoms with Gasteiger partial charge in [-0.1, -0.05) is 26.0 Å². The van der Waals surface area contributed by atoms with E-state index in [4.69, 9.17) is 5.73 Å². The number of hydrogen-bond acceptors (Lipinski definition) is 4. The number of nitrogens with two attached hydrogens (primary N) is 1. The van der Waals surface area contributed by atoms with E-state index < -0.39 is 26.0 Å². The standard InChI is InChI=1S/C13H20F2N2O2S/c1-9(2)13(3,8-16)17-10-6-4-5-7-11(10)20(18,19)12(14)15/h4-7,9,12,17H,8,16H2,1-3H3. The Labute approximate surface area is 118 Å². The minimum atomic E-state index is -4.65. The maximum Gasteiger partial charge on any atom is 0.341 e. The summed E-state index contributed by atoms with van der Waals surface area (Å²) in [6.07, 6.45) is 0. The zero-order valence-electron chi connectivity index (χ0n) is 11.7. The third-order valence-corrected chi connectivity index (χ3v) is 4.98. The fourth-order valence-electron chi connectivity index (χ4n) is 1.65. The van der Waals surface area contributed by atoms with E-state index in [1.165, 1.54) is 18.2 Å². The molecule has 1 rings (SSSR count). The van der Waals surface area contributed by atoms with E-state index in [1.54, 1.807) is 6.07 Å². The van der Waals surface area contributed by atoms with Gasteiger partial charge in [0.2, 0.25) is 9.84 Å². The summed E-state index contributed by atoms with van der Waals surface area (Å²) in [5.41, 5.74) is 5.27. The first-order chi connectivity index (χ1) is 9.15. The molecule has 0 radical (unpaired) electrons. The Morgan fingerprint density at radius 2 is 1.85 bits per heavy atom. The van der Waals surface area contributed by atoms with E-state index in [1.807, 2.05) is 20.8 Å². The average molecular weight is 306 g/mol. The molecule has 20 heavy (non-hydrogen) atoms. The minimum absolute atomic E-state index is 0.0924. The van der Waals surface area contributed by atoms with Gasteiger partial charge in [-0.15, -0.1) is 0 Å². The molecule has 0 amide bonds. The molecule has 0 aromatic heterocycles. The summed E-state index contributed by atoms with van der Waals surface area (Å²) in [6, 6.07) is 5.63. The lowest BCUT2D eigenvalue weighted by Crippen LogP contribution is -2.47. The molecule has 0 bridgehead atoms. The summed E-state index contributed by atoms with van der Waals surface area (Å²) in [7, 11) is -4.65. The van der Waals surface area contributed by atoms with Gasteiger partial charge in [0.1, 0.15) is 0 Å². The minimum Gasteiger partial charge on any atom is -0.377 e. The van der Waals surface area contributed by atoms with Gasteiger partial charge in [-0.2, -0.15) is 8.78 Å². The number of benzene rings is 1. The molecule has 7 heteroatoms. The average Bonchev–Trinajstić information content (AvgIpc) is 2.38. The van der Waals surface area contributed by atoms with Gasteiger partial charge in [0, 0.05) is 12.1 Å². The maximum atomic E-state index is 12.7. The van der Waals surface area contributed by atoms with Gasteiger partial charge in [0.25, 0.3) is 0 Å². The van der Waals surface area contributed by atoms with E-state index in [9.17, 15) is 17.2 Å². The second-order valence-corrected chi connectivity index (χ2v) is 7.09. The topological polar surface area (TPSA) is 72.2 Å². The molecule has 0 heterocycles. The lowest BCUT2D eigenvalue weighted by Gasteiger charge is -2.35. The molecule has 1 unspecified atom stereocenters. The Hall–Kier alpha value is -1.21. The summed E-state index contributed by atoms with van der Waals surface area (Å²) in [5.74, 6) is -3.36. The molecular weight excluding hydrogens is 286 g/mol. The summed E-state index contributed by atoms with van der Waals surface area (Å²) in [5, 5.41) is 3.00. The number of rotatable bonds is 6. The first kappa shape index (κ1) is 16.8. The van der Waals surface area contributed by atoms with Crippen LogP contribution in [-0.2, 0) is 9.84 Å². The molecule has 114 valence electrons. The van der Waals surface area contributed by atoms with E-state index in [-0.39, 0.29) is 18.2 Å². The van der Waals surface area contributed by atoms with Crippen molar-refractivity contribution < 1.29 is 17.2 Å². The van der Waals surface area contributed by atoms with Crippen molar-refractivity contribution in [2.24, 2.45) is 11.7 Å². The zero-order valence-corrected chi connectivity index (χ0v) is 12.5. The Morgan fingerprint density at radius 3 is 2.30 bits per heavy atom.